The molecule has 88 valence electrons. The van der Waals surface area contributed by atoms with Crippen LogP contribution >= 0.6 is 0 Å². The first-order chi connectivity index (χ1) is 7.08. The second kappa shape index (κ2) is 4.01. The van der Waals surface area contributed by atoms with Crippen molar-refractivity contribution >= 4 is 10.2 Å². The average molecular weight is 233 g/mol. The zero-order chi connectivity index (χ0) is 10.9. The Bertz CT molecular complexity index is 322. The van der Waals surface area contributed by atoms with E-state index in [0.29, 0.717) is 19.6 Å². The van der Waals surface area contributed by atoms with Crippen molar-refractivity contribution in [3.05, 3.63) is 0 Å². The van der Waals surface area contributed by atoms with Gasteiger partial charge < -0.3 is 5.32 Å². The maximum Gasteiger partial charge on any atom is 0.279 e. The van der Waals surface area contributed by atoms with Gasteiger partial charge in [0.2, 0.25) is 0 Å². The molecule has 2 fully saturated rings. The first-order valence-corrected chi connectivity index (χ1v) is 6.97. The third-order valence-corrected chi connectivity index (χ3v) is 5.05. The Morgan fingerprint density at radius 3 is 2.87 bits per heavy atom. The van der Waals surface area contributed by atoms with Gasteiger partial charge in [-0.15, -0.1) is 0 Å². The Morgan fingerprint density at radius 1 is 1.47 bits per heavy atom. The Labute approximate surface area is 91.4 Å². The van der Waals surface area contributed by atoms with Gasteiger partial charge in [-0.2, -0.15) is 12.7 Å². The second-order valence-electron chi connectivity index (χ2n) is 4.51. The Balaban J connectivity index is 2.03. The summed E-state index contributed by atoms with van der Waals surface area (Å²) in [6.45, 7) is 5.59. The predicted molar refractivity (Wildman–Crippen MR) is 58.7 cm³/mol. The van der Waals surface area contributed by atoms with Crippen molar-refractivity contribution in [1.82, 2.24) is 14.3 Å². The van der Waals surface area contributed by atoms with Crippen molar-refractivity contribution in [2.24, 2.45) is 5.41 Å². The summed E-state index contributed by atoms with van der Waals surface area (Å²) in [5.41, 5.74) is 0.211. The molecule has 2 rings (SSSR count). The summed E-state index contributed by atoms with van der Waals surface area (Å²) in [5, 5.41) is 3.32. The molecule has 0 aromatic carbocycles. The second-order valence-corrected chi connectivity index (χ2v) is 6.27. The minimum atomic E-state index is -3.22. The van der Waals surface area contributed by atoms with E-state index in [9.17, 15) is 8.42 Å². The van der Waals surface area contributed by atoms with Gasteiger partial charge >= 0.3 is 0 Å². The van der Waals surface area contributed by atoms with Crippen LogP contribution in [0.1, 0.15) is 19.8 Å². The normalized spacial score (nSPS) is 32.9. The topological polar surface area (TPSA) is 61.4 Å². The molecule has 2 aliphatic rings. The van der Waals surface area contributed by atoms with Gasteiger partial charge in [-0.1, -0.05) is 6.92 Å². The Hall–Kier alpha value is -0.170. The van der Waals surface area contributed by atoms with E-state index >= 15 is 0 Å². The summed E-state index contributed by atoms with van der Waals surface area (Å²) >= 11 is 0. The molecule has 0 amide bonds. The molecule has 0 radical (unpaired) electrons. The van der Waals surface area contributed by atoms with E-state index in [1.807, 2.05) is 0 Å². The number of nitrogens with zero attached hydrogens (tertiary/aromatic N) is 1. The van der Waals surface area contributed by atoms with Gasteiger partial charge in [-0.05, 0) is 24.8 Å². The fourth-order valence-electron chi connectivity index (χ4n) is 2.52. The van der Waals surface area contributed by atoms with Gasteiger partial charge in [0.15, 0.2) is 0 Å². The van der Waals surface area contributed by atoms with Crippen molar-refractivity contribution in [2.45, 2.75) is 19.8 Å². The molecule has 2 N–H and O–H groups in total. The first kappa shape index (κ1) is 11.3. The lowest BCUT2D eigenvalue weighted by Crippen LogP contribution is -2.40. The van der Waals surface area contributed by atoms with Crippen molar-refractivity contribution < 1.29 is 8.42 Å². The smallest absolute Gasteiger partial charge is 0.279 e. The monoisotopic (exact) mass is 233 g/mol. The standard InChI is InChI=1S/C9H19N3O2S/c1-2-11-15(13,14)12-6-4-9(8-12)3-5-10-7-9/h10-11H,2-8H2,1H3. The molecule has 0 bridgehead atoms. The van der Waals surface area contributed by atoms with Crippen LogP contribution in [-0.4, -0.2) is 45.4 Å². The third kappa shape index (κ3) is 2.18. The van der Waals surface area contributed by atoms with Gasteiger partial charge in [0.25, 0.3) is 10.2 Å². The van der Waals surface area contributed by atoms with Crippen LogP contribution in [0.4, 0.5) is 0 Å². The molecular formula is C9H19N3O2S. The Morgan fingerprint density at radius 2 is 2.27 bits per heavy atom. The van der Waals surface area contributed by atoms with E-state index in [2.05, 4.69) is 10.0 Å². The molecule has 6 heteroatoms. The maximum absolute atomic E-state index is 11.8. The van der Waals surface area contributed by atoms with Gasteiger partial charge in [-0.25, -0.2) is 4.72 Å². The predicted octanol–water partition coefficient (Wildman–Crippen LogP) is -0.474. The largest absolute Gasteiger partial charge is 0.316 e. The van der Waals surface area contributed by atoms with Gasteiger partial charge in [0.1, 0.15) is 0 Å². The van der Waals surface area contributed by atoms with Crippen LogP contribution in [-0.2, 0) is 10.2 Å². The maximum atomic E-state index is 11.8. The highest BCUT2D eigenvalue weighted by molar-refractivity contribution is 7.87. The highest BCUT2D eigenvalue weighted by Gasteiger charge is 2.43. The zero-order valence-electron chi connectivity index (χ0n) is 9.12. The summed E-state index contributed by atoms with van der Waals surface area (Å²) in [7, 11) is -3.22. The van der Waals surface area contributed by atoms with E-state index in [1.54, 1.807) is 11.2 Å². The first-order valence-electron chi connectivity index (χ1n) is 5.53. The minimum absolute atomic E-state index is 0.211. The zero-order valence-corrected chi connectivity index (χ0v) is 9.94. The van der Waals surface area contributed by atoms with Crippen LogP contribution in [0.25, 0.3) is 0 Å². The fraction of sp³-hybridized carbons (Fsp3) is 1.00. The molecule has 1 unspecified atom stereocenters. The number of hydrogen-bond acceptors (Lipinski definition) is 3. The molecule has 2 saturated heterocycles. The van der Waals surface area contributed by atoms with Crippen molar-refractivity contribution in [3.63, 3.8) is 0 Å². The number of nitrogens with one attached hydrogen (secondary N) is 2. The molecule has 15 heavy (non-hydrogen) atoms. The molecule has 5 nitrogen and oxygen atoms in total. The van der Waals surface area contributed by atoms with E-state index in [0.717, 1.165) is 25.9 Å². The summed E-state index contributed by atoms with van der Waals surface area (Å²) < 4.78 is 27.7. The average Bonchev–Trinajstić information content (AvgIpc) is 2.77. The third-order valence-electron chi connectivity index (χ3n) is 3.40. The van der Waals surface area contributed by atoms with Crippen LogP contribution in [0.15, 0.2) is 0 Å². The summed E-state index contributed by atoms with van der Waals surface area (Å²) in [5.74, 6) is 0. The molecule has 1 atom stereocenters. The summed E-state index contributed by atoms with van der Waals surface area (Å²) in [6, 6.07) is 0. The lowest BCUT2D eigenvalue weighted by Gasteiger charge is -2.22. The van der Waals surface area contributed by atoms with E-state index in [4.69, 9.17) is 0 Å². The lowest BCUT2D eigenvalue weighted by atomic mass is 9.87. The van der Waals surface area contributed by atoms with Crippen LogP contribution in [0.2, 0.25) is 0 Å². The van der Waals surface area contributed by atoms with Crippen molar-refractivity contribution in [1.29, 1.82) is 0 Å². The van der Waals surface area contributed by atoms with E-state index < -0.39 is 10.2 Å². The van der Waals surface area contributed by atoms with E-state index in [1.165, 1.54) is 0 Å². The molecule has 2 aliphatic heterocycles. The Kier molecular flexibility index (Phi) is 3.03. The molecule has 1 spiro atoms. The van der Waals surface area contributed by atoms with Crippen LogP contribution < -0.4 is 10.0 Å². The summed E-state index contributed by atoms with van der Waals surface area (Å²) in [6.07, 6.45) is 2.09. The molecular weight excluding hydrogens is 214 g/mol. The van der Waals surface area contributed by atoms with Crippen LogP contribution in [0.3, 0.4) is 0 Å². The van der Waals surface area contributed by atoms with Crippen LogP contribution in [0.5, 0.6) is 0 Å². The number of rotatable bonds is 3. The quantitative estimate of drug-likeness (QED) is 0.692. The van der Waals surface area contributed by atoms with Gasteiger partial charge in [0.05, 0.1) is 0 Å². The van der Waals surface area contributed by atoms with E-state index in [-0.39, 0.29) is 5.41 Å². The molecule has 2 heterocycles. The van der Waals surface area contributed by atoms with Gasteiger partial charge in [-0.3, -0.25) is 0 Å². The highest BCUT2D eigenvalue weighted by atomic mass is 32.2. The van der Waals surface area contributed by atoms with Crippen molar-refractivity contribution in [3.8, 4) is 0 Å². The minimum Gasteiger partial charge on any atom is -0.316 e. The fourth-order valence-corrected chi connectivity index (χ4v) is 3.84. The lowest BCUT2D eigenvalue weighted by molar-refractivity contribution is 0.336. The summed E-state index contributed by atoms with van der Waals surface area (Å²) in [4.78, 5) is 0. The highest BCUT2D eigenvalue weighted by Crippen LogP contribution is 2.36. The number of hydrogen-bond donors (Lipinski definition) is 2. The van der Waals surface area contributed by atoms with Crippen molar-refractivity contribution in [2.75, 3.05) is 32.7 Å². The molecule has 0 aliphatic carbocycles. The van der Waals surface area contributed by atoms with Gasteiger partial charge in [0, 0.05) is 26.2 Å². The molecule has 0 saturated carbocycles. The molecule has 0 aromatic rings. The van der Waals surface area contributed by atoms with Crippen LogP contribution in [0, 0.1) is 5.41 Å². The SMILES string of the molecule is CCNS(=O)(=O)N1CCC2(CCNC2)C1. The molecule has 0 aromatic heterocycles.